The van der Waals surface area contributed by atoms with Gasteiger partial charge in [0.05, 0.1) is 22.6 Å². The van der Waals surface area contributed by atoms with Gasteiger partial charge in [0.15, 0.2) is 0 Å². The SMILES string of the molecule is COc1ccc([N+](=O)[O-])cc1NS(=O)(=O)c1cc(Br)ccc1C. The number of nitrogens with one attached hydrogen (secondary N) is 1. The van der Waals surface area contributed by atoms with Crippen LogP contribution in [-0.4, -0.2) is 20.5 Å². The smallest absolute Gasteiger partial charge is 0.271 e. The quantitative estimate of drug-likeness (QED) is 0.611. The van der Waals surface area contributed by atoms with E-state index in [0.717, 1.165) is 6.07 Å². The molecule has 0 radical (unpaired) electrons. The zero-order valence-corrected chi connectivity index (χ0v) is 14.6. The molecule has 1 N–H and O–H groups in total. The Hall–Kier alpha value is -2.13. The Balaban J connectivity index is 2.50. The van der Waals surface area contributed by atoms with E-state index in [9.17, 15) is 18.5 Å². The summed E-state index contributed by atoms with van der Waals surface area (Å²) in [6.07, 6.45) is 0. The average Bonchev–Trinajstić information content (AvgIpc) is 2.49. The zero-order valence-electron chi connectivity index (χ0n) is 12.2. The van der Waals surface area contributed by atoms with Crippen LogP contribution in [0.15, 0.2) is 45.8 Å². The lowest BCUT2D eigenvalue weighted by Gasteiger charge is -2.13. The number of nitro groups is 1. The molecule has 9 heteroatoms. The molecule has 0 atom stereocenters. The van der Waals surface area contributed by atoms with Gasteiger partial charge in [0.2, 0.25) is 0 Å². The van der Waals surface area contributed by atoms with Crippen LogP contribution in [0, 0.1) is 17.0 Å². The number of rotatable bonds is 5. The first-order valence-corrected chi connectivity index (χ1v) is 8.63. The van der Waals surface area contributed by atoms with E-state index < -0.39 is 14.9 Å². The van der Waals surface area contributed by atoms with Gasteiger partial charge < -0.3 is 4.74 Å². The van der Waals surface area contributed by atoms with E-state index >= 15 is 0 Å². The van der Waals surface area contributed by atoms with Crippen molar-refractivity contribution in [3.05, 3.63) is 56.5 Å². The van der Waals surface area contributed by atoms with Gasteiger partial charge in [0.25, 0.3) is 15.7 Å². The van der Waals surface area contributed by atoms with Gasteiger partial charge in [-0.2, -0.15) is 0 Å². The molecule has 2 aromatic carbocycles. The van der Waals surface area contributed by atoms with Crippen LogP contribution >= 0.6 is 15.9 Å². The molecule has 0 aromatic heterocycles. The molecule has 23 heavy (non-hydrogen) atoms. The largest absolute Gasteiger partial charge is 0.495 e. The van der Waals surface area contributed by atoms with E-state index in [0.29, 0.717) is 10.0 Å². The fraction of sp³-hybridized carbons (Fsp3) is 0.143. The number of hydrogen-bond donors (Lipinski definition) is 1. The number of aryl methyl sites for hydroxylation is 1. The molecule has 122 valence electrons. The molecule has 0 saturated carbocycles. The number of ether oxygens (including phenoxy) is 1. The summed E-state index contributed by atoms with van der Waals surface area (Å²) in [6.45, 7) is 1.66. The fourth-order valence-corrected chi connectivity index (χ4v) is 3.80. The number of hydrogen-bond acceptors (Lipinski definition) is 5. The second-order valence-corrected chi connectivity index (χ2v) is 7.22. The standard InChI is InChI=1S/C14H13BrN2O5S/c1-9-3-4-10(15)7-14(9)23(20,21)16-12-8-11(17(18)19)5-6-13(12)22-2/h3-8,16H,1-2H3. The van der Waals surface area contributed by atoms with Crippen molar-refractivity contribution in [1.82, 2.24) is 0 Å². The first-order valence-electron chi connectivity index (χ1n) is 6.36. The number of halogens is 1. The Kier molecular flexibility index (Phi) is 4.90. The highest BCUT2D eigenvalue weighted by molar-refractivity contribution is 9.10. The van der Waals surface area contributed by atoms with Crippen molar-refractivity contribution in [1.29, 1.82) is 0 Å². The molecule has 0 spiro atoms. The van der Waals surface area contributed by atoms with Crippen molar-refractivity contribution < 1.29 is 18.1 Å². The Morgan fingerprint density at radius 1 is 1.22 bits per heavy atom. The molecule has 0 saturated heterocycles. The van der Waals surface area contributed by atoms with Crippen LogP contribution in [-0.2, 0) is 10.0 Å². The predicted octanol–water partition coefficient (Wildman–Crippen LogP) is 3.48. The molecular weight excluding hydrogens is 388 g/mol. The van der Waals surface area contributed by atoms with Crippen molar-refractivity contribution in [2.24, 2.45) is 0 Å². The van der Waals surface area contributed by atoms with Crippen molar-refractivity contribution in [3.8, 4) is 5.75 Å². The molecule has 0 aliphatic carbocycles. The molecule has 0 aliphatic rings. The van der Waals surface area contributed by atoms with Crippen molar-refractivity contribution in [2.45, 2.75) is 11.8 Å². The number of methoxy groups -OCH3 is 1. The summed E-state index contributed by atoms with van der Waals surface area (Å²) in [7, 11) is -2.57. The fourth-order valence-electron chi connectivity index (χ4n) is 1.95. The van der Waals surface area contributed by atoms with Crippen molar-refractivity contribution in [2.75, 3.05) is 11.8 Å². The summed E-state index contributed by atoms with van der Waals surface area (Å²) in [4.78, 5) is 10.3. The van der Waals surface area contributed by atoms with Crippen LogP contribution < -0.4 is 9.46 Å². The Morgan fingerprint density at radius 3 is 2.52 bits per heavy atom. The summed E-state index contributed by atoms with van der Waals surface area (Å²) < 4.78 is 33.1. The minimum atomic E-state index is -3.92. The second kappa shape index (κ2) is 6.55. The maximum absolute atomic E-state index is 12.6. The van der Waals surface area contributed by atoms with E-state index in [1.54, 1.807) is 19.1 Å². The molecule has 0 aliphatic heterocycles. The lowest BCUT2D eigenvalue weighted by Crippen LogP contribution is -2.15. The normalized spacial score (nSPS) is 11.1. The van der Waals surface area contributed by atoms with Gasteiger partial charge in [0.1, 0.15) is 5.75 Å². The van der Waals surface area contributed by atoms with E-state index in [-0.39, 0.29) is 22.0 Å². The first kappa shape index (κ1) is 17.2. The van der Waals surface area contributed by atoms with Crippen LogP contribution in [0.1, 0.15) is 5.56 Å². The highest BCUT2D eigenvalue weighted by atomic mass is 79.9. The summed E-state index contributed by atoms with van der Waals surface area (Å²) in [5, 5.41) is 10.9. The molecule has 7 nitrogen and oxygen atoms in total. The Morgan fingerprint density at radius 2 is 1.91 bits per heavy atom. The monoisotopic (exact) mass is 400 g/mol. The molecule has 0 unspecified atom stereocenters. The van der Waals surface area contributed by atoms with E-state index in [4.69, 9.17) is 4.74 Å². The van der Waals surface area contributed by atoms with Crippen molar-refractivity contribution in [3.63, 3.8) is 0 Å². The first-order chi connectivity index (χ1) is 10.7. The zero-order chi connectivity index (χ0) is 17.2. The Bertz CT molecular complexity index is 867. The number of sulfonamides is 1. The molecule has 0 fully saturated rings. The lowest BCUT2D eigenvalue weighted by atomic mass is 10.2. The summed E-state index contributed by atoms with van der Waals surface area (Å²) in [5.41, 5.74) is 0.306. The molecule has 2 aromatic rings. The maximum atomic E-state index is 12.6. The van der Waals surface area contributed by atoms with Crippen molar-refractivity contribution >= 4 is 37.3 Å². The third-order valence-corrected chi connectivity index (χ3v) is 5.08. The number of anilines is 1. The van der Waals surface area contributed by atoms with Crippen LogP contribution in [0.5, 0.6) is 5.75 Å². The molecule has 0 amide bonds. The van der Waals surface area contributed by atoms with E-state index in [2.05, 4.69) is 20.7 Å². The van der Waals surface area contributed by atoms with Gasteiger partial charge >= 0.3 is 0 Å². The van der Waals surface area contributed by atoms with Crippen LogP contribution in [0.2, 0.25) is 0 Å². The van der Waals surface area contributed by atoms with Gasteiger partial charge in [-0.05, 0) is 30.7 Å². The Labute approximate surface area is 141 Å². The molecule has 0 heterocycles. The average molecular weight is 401 g/mol. The van der Waals surface area contributed by atoms with E-state index in [1.807, 2.05) is 0 Å². The number of non-ortho nitro benzene ring substituents is 1. The van der Waals surface area contributed by atoms with Gasteiger partial charge in [-0.15, -0.1) is 0 Å². The predicted molar refractivity (Wildman–Crippen MR) is 89.3 cm³/mol. The number of benzene rings is 2. The summed E-state index contributed by atoms with van der Waals surface area (Å²) in [5.74, 6) is 0.187. The topological polar surface area (TPSA) is 98.5 Å². The number of nitro benzene ring substituents is 1. The summed E-state index contributed by atoms with van der Waals surface area (Å²) in [6, 6.07) is 8.53. The van der Waals surface area contributed by atoms with E-state index in [1.165, 1.54) is 25.3 Å². The van der Waals surface area contributed by atoms with Crippen LogP contribution in [0.25, 0.3) is 0 Å². The highest BCUT2D eigenvalue weighted by Gasteiger charge is 2.21. The van der Waals surface area contributed by atoms with Gasteiger partial charge in [-0.3, -0.25) is 14.8 Å². The molecule has 0 bridgehead atoms. The molecule has 2 rings (SSSR count). The third kappa shape index (κ3) is 3.80. The van der Waals surface area contributed by atoms with Crippen LogP contribution in [0.3, 0.4) is 0 Å². The third-order valence-electron chi connectivity index (χ3n) is 3.08. The molecular formula is C14H13BrN2O5S. The second-order valence-electron chi connectivity index (χ2n) is 4.66. The lowest BCUT2D eigenvalue weighted by molar-refractivity contribution is -0.384. The number of nitrogens with zero attached hydrogens (tertiary/aromatic N) is 1. The van der Waals surface area contributed by atoms with Gasteiger partial charge in [-0.1, -0.05) is 22.0 Å². The van der Waals surface area contributed by atoms with Gasteiger partial charge in [0, 0.05) is 16.6 Å². The highest BCUT2D eigenvalue weighted by Crippen LogP contribution is 2.31. The maximum Gasteiger partial charge on any atom is 0.271 e. The van der Waals surface area contributed by atoms with Gasteiger partial charge in [-0.25, -0.2) is 8.42 Å². The van der Waals surface area contributed by atoms with Crippen LogP contribution in [0.4, 0.5) is 11.4 Å². The summed E-state index contributed by atoms with van der Waals surface area (Å²) >= 11 is 3.23. The minimum absolute atomic E-state index is 0.000996. The minimum Gasteiger partial charge on any atom is -0.495 e.